The van der Waals surface area contributed by atoms with Gasteiger partial charge in [0.2, 0.25) is 12.7 Å². The predicted octanol–water partition coefficient (Wildman–Crippen LogP) is 3.30. The number of ether oxygens (including phenoxy) is 2. The maximum atomic E-state index is 12.7. The van der Waals surface area contributed by atoms with E-state index in [1.54, 1.807) is 18.2 Å². The fourth-order valence-electron chi connectivity index (χ4n) is 4.08. The van der Waals surface area contributed by atoms with Gasteiger partial charge in [0.15, 0.2) is 11.5 Å². The highest BCUT2D eigenvalue weighted by molar-refractivity contribution is 5.98. The third-order valence-electron chi connectivity index (χ3n) is 5.89. The van der Waals surface area contributed by atoms with Crippen LogP contribution in [-0.4, -0.2) is 42.4 Å². The van der Waals surface area contributed by atoms with Gasteiger partial charge < -0.3 is 25.2 Å². The fraction of sp³-hybridized carbons (Fsp3) is 0.652. The van der Waals surface area contributed by atoms with Crippen molar-refractivity contribution < 1.29 is 24.2 Å². The summed E-state index contributed by atoms with van der Waals surface area (Å²) >= 11 is 0. The molecule has 7 heteroatoms. The van der Waals surface area contributed by atoms with Crippen LogP contribution in [0.4, 0.5) is 0 Å². The van der Waals surface area contributed by atoms with E-state index in [-0.39, 0.29) is 18.7 Å². The lowest BCUT2D eigenvalue weighted by Crippen LogP contribution is -2.51. The molecule has 1 heterocycles. The summed E-state index contributed by atoms with van der Waals surface area (Å²) in [5.41, 5.74) is 0.358. The Bertz CT molecular complexity index is 697. The van der Waals surface area contributed by atoms with Gasteiger partial charge in [-0.05, 0) is 31.0 Å². The first-order chi connectivity index (χ1) is 14.7. The molecule has 0 spiro atoms. The van der Waals surface area contributed by atoms with Gasteiger partial charge in [0, 0.05) is 11.6 Å². The Morgan fingerprint density at radius 1 is 0.933 bits per heavy atom. The summed E-state index contributed by atoms with van der Waals surface area (Å²) in [6, 6.07) is 3.97. The molecular formula is C23H34N2O5. The van der Waals surface area contributed by atoms with Crippen molar-refractivity contribution in [2.45, 2.75) is 82.7 Å². The minimum absolute atomic E-state index is 0.0911. The van der Waals surface area contributed by atoms with Gasteiger partial charge in [-0.1, -0.05) is 57.8 Å². The number of amides is 2. The molecule has 30 heavy (non-hydrogen) atoms. The van der Waals surface area contributed by atoms with Gasteiger partial charge in [-0.15, -0.1) is 0 Å². The van der Waals surface area contributed by atoms with Gasteiger partial charge in [0.25, 0.3) is 5.91 Å². The second kappa shape index (κ2) is 11.8. The summed E-state index contributed by atoms with van der Waals surface area (Å²) in [5, 5.41) is 15.4. The van der Waals surface area contributed by atoms with Gasteiger partial charge in [-0.2, -0.15) is 0 Å². The summed E-state index contributed by atoms with van der Waals surface area (Å²) in [7, 11) is 0. The minimum Gasteiger partial charge on any atom is -0.454 e. The highest BCUT2D eigenvalue weighted by Crippen LogP contribution is 2.32. The fourth-order valence-corrected chi connectivity index (χ4v) is 4.08. The van der Waals surface area contributed by atoms with Crippen molar-refractivity contribution in [2.24, 2.45) is 0 Å². The topological polar surface area (TPSA) is 96.9 Å². The molecule has 1 fully saturated rings. The molecule has 1 saturated carbocycles. The standard InChI is InChI=1S/C23H34N2O5/c26-15-19(25-22(27)17-12-13-20-21(14-17)30-16-29-20)23(28)24-18-10-8-6-4-2-1-3-5-7-9-11-18/h12-14,18-19,26H,1-11,15-16H2,(H,24,28)(H,25,27)/t19-/m0/s1. The molecule has 1 atom stereocenters. The molecule has 7 nitrogen and oxygen atoms in total. The summed E-state index contributed by atoms with van der Waals surface area (Å²) < 4.78 is 10.5. The van der Waals surface area contributed by atoms with Gasteiger partial charge in [-0.25, -0.2) is 0 Å². The number of hydrogen-bond acceptors (Lipinski definition) is 5. The van der Waals surface area contributed by atoms with Gasteiger partial charge in [-0.3, -0.25) is 9.59 Å². The lowest BCUT2D eigenvalue weighted by molar-refractivity contribution is -0.124. The molecule has 0 radical (unpaired) electrons. The van der Waals surface area contributed by atoms with Crippen molar-refractivity contribution in [2.75, 3.05) is 13.4 Å². The maximum absolute atomic E-state index is 12.7. The van der Waals surface area contributed by atoms with E-state index in [4.69, 9.17) is 9.47 Å². The van der Waals surface area contributed by atoms with Crippen molar-refractivity contribution in [3.63, 3.8) is 0 Å². The highest BCUT2D eigenvalue weighted by Gasteiger charge is 2.24. The summed E-state index contributed by atoms with van der Waals surface area (Å²) in [4.78, 5) is 25.3. The molecule has 1 aromatic carbocycles. The van der Waals surface area contributed by atoms with Crippen LogP contribution < -0.4 is 20.1 Å². The number of nitrogens with one attached hydrogen (secondary N) is 2. The molecule has 1 aliphatic heterocycles. The third kappa shape index (κ3) is 6.62. The van der Waals surface area contributed by atoms with Gasteiger partial charge in [0.05, 0.1) is 6.61 Å². The van der Waals surface area contributed by atoms with E-state index in [1.165, 1.54) is 44.9 Å². The second-order valence-electron chi connectivity index (χ2n) is 8.24. The lowest BCUT2D eigenvalue weighted by atomic mass is 9.97. The zero-order valence-electron chi connectivity index (χ0n) is 17.7. The minimum atomic E-state index is -0.982. The molecule has 1 aromatic rings. The Morgan fingerprint density at radius 2 is 1.53 bits per heavy atom. The Balaban J connectivity index is 1.53. The van der Waals surface area contributed by atoms with Crippen LogP contribution in [0.2, 0.25) is 0 Å². The third-order valence-corrected chi connectivity index (χ3v) is 5.89. The molecule has 2 aliphatic rings. The smallest absolute Gasteiger partial charge is 0.252 e. The zero-order valence-corrected chi connectivity index (χ0v) is 17.7. The van der Waals surface area contributed by atoms with E-state index in [0.29, 0.717) is 17.1 Å². The van der Waals surface area contributed by atoms with Crippen molar-refractivity contribution in [1.82, 2.24) is 10.6 Å². The normalized spacial score (nSPS) is 19.2. The van der Waals surface area contributed by atoms with E-state index in [0.717, 1.165) is 25.7 Å². The van der Waals surface area contributed by atoms with E-state index in [9.17, 15) is 14.7 Å². The molecule has 0 unspecified atom stereocenters. The van der Waals surface area contributed by atoms with Crippen molar-refractivity contribution in [3.8, 4) is 11.5 Å². The van der Waals surface area contributed by atoms with Crippen molar-refractivity contribution in [3.05, 3.63) is 23.8 Å². The first-order valence-electron chi connectivity index (χ1n) is 11.3. The summed E-state index contributed by atoms with van der Waals surface area (Å²) in [6.07, 6.45) is 12.9. The monoisotopic (exact) mass is 418 g/mol. The SMILES string of the molecule is O=C(N[C@@H](CO)C(=O)NC1CCCCCCCCCCC1)c1ccc2c(c1)OCO2. The quantitative estimate of drug-likeness (QED) is 0.682. The van der Waals surface area contributed by atoms with E-state index < -0.39 is 18.6 Å². The number of carbonyl (C=O) groups excluding carboxylic acids is 2. The van der Waals surface area contributed by atoms with Crippen molar-refractivity contribution >= 4 is 11.8 Å². The number of rotatable bonds is 5. The van der Waals surface area contributed by atoms with Gasteiger partial charge >= 0.3 is 0 Å². The van der Waals surface area contributed by atoms with Crippen LogP contribution in [0.15, 0.2) is 18.2 Å². The van der Waals surface area contributed by atoms with Crippen LogP contribution in [0, 0.1) is 0 Å². The van der Waals surface area contributed by atoms with E-state index in [2.05, 4.69) is 10.6 Å². The van der Waals surface area contributed by atoms with Crippen LogP contribution in [0.3, 0.4) is 0 Å². The summed E-state index contributed by atoms with van der Waals surface area (Å²) in [6.45, 7) is -0.321. The highest BCUT2D eigenvalue weighted by atomic mass is 16.7. The molecule has 2 amide bonds. The predicted molar refractivity (Wildman–Crippen MR) is 114 cm³/mol. The molecule has 0 saturated heterocycles. The largest absolute Gasteiger partial charge is 0.454 e. The van der Waals surface area contributed by atoms with Crippen LogP contribution in [-0.2, 0) is 4.79 Å². The van der Waals surface area contributed by atoms with E-state index >= 15 is 0 Å². The van der Waals surface area contributed by atoms with E-state index in [1.807, 2.05) is 0 Å². The van der Waals surface area contributed by atoms with Crippen molar-refractivity contribution in [1.29, 1.82) is 0 Å². The first kappa shape index (κ1) is 22.4. The number of aliphatic hydroxyl groups is 1. The number of hydrogen-bond donors (Lipinski definition) is 3. The number of aliphatic hydroxyl groups excluding tert-OH is 1. The molecule has 3 N–H and O–H groups in total. The Labute approximate surface area is 178 Å². The molecule has 0 bridgehead atoms. The average Bonchev–Trinajstić information content (AvgIpc) is 3.21. The van der Waals surface area contributed by atoms with Crippen LogP contribution >= 0.6 is 0 Å². The average molecular weight is 419 g/mol. The molecular weight excluding hydrogens is 384 g/mol. The summed E-state index contributed by atoms with van der Waals surface area (Å²) in [5.74, 6) is 0.330. The zero-order chi connectivity index (χ0) is 21.2. The molecule has 1 aliphatic carbocycles. The maximum Gasteiger partial charge on any atom is 0.252 e. The van der Waals surface area contributed by atoms with Crippen LogP contribution in [0.5, 0.6) is 11.5 Å². The van der Waals surface area contributed by atoms with Gasteiger partial charge in [0.1, 0.15) is 6.04 Å². The Hall–Kier alpha value is -2.28. The number of fused-ring (bicyclic) bond motifs is 1. The second-order valence-corrected chi connectivity index (χ2v) is 8.24. The van der Waals surface area contributed by atoms with Crippen LogP contribution in [0.1, 0.15) is 81.0 Å². The Kier molecular flexibility index (Phi) is 8.81. The van der Waals surface area contributed by atoms with Crippen LogP contribution in [0.25, 0.3) is 0 Å². The number of carbonyl (C=O) groups is 2. The number of benzene rings is 1. The lowest BCUT2D eigenvalue weighted by Gasteiger charge is -2.23. The molecule has 3 rings (SSSR count). The molecule has 166 valence electrons. The molecule has 0 aromatic heterocycles. The first-order valence-corrected chi connectivity index (χ1v) is 11.3. The Morgan fingerprint density at radius 3 is 2.17 bits per heavy atom.